The van der Waals surface area contributed by atoms with E-state index in [2.05, 4.69) is 23.5 Å². The van der Waals surface area contributed by atoms with E-state index in [0.29, 0.717) is 0 Å². The monoisotopic (exact) mass is 299 g/mol. The zero-order valence-electron chi connectivity index (χ0n) is 13.0. The van der Waals surface area contributed by atoms with E-state index in [1.54, 1.807) is 0 Å². The average Bonchev–Trinajstić information content (AvgIpc) is 3.15. The maximum Gasteiger partial charge on any atom is 0.322 e. The zero-order chi connectivity index (χ0) is 15.5. The second-order valence-electron chi connectivity index (χ2n) is 5.70. The lowest BCUT2D eigenvalue weighted by molar-refractivity contribution is 0.204. The van der Waals surface area contributed by atoms with Crippen LogP contribution in [-0.2, 0) is 6.42 Å². The quantitative estimate of drug-likeness (QED) is 0.934. The van der Waals surface area contributed by atoms with Gasteiger partial charge in [-0.15, -0.1) is 0 Å². The van der Waals surface area contributed by atoms with Crippen molar-refractivity contribution in [2.24, 2.45) is 0 Å². The van der Waals surface area contributed by atoms with Crippen LogP contribution >= 0.6 is 0 Å². The second-order valence-corrected chi connectivity index (χ2v) is 5.70. The Labute approximate surface area is 130 Å². The Balaban J connectivity index is 1.73. The van der Waals surface area contributed by atoms with Gasteiger partial charge in [-0.2, -0.15) is 0 Å². The van der Waals surface area contributed by atoms with Crippen molar-refractivity contribution < 1.29 is 9.32 Å². The van der Waals surface area contributed by atoms with E-state index in [0.717, 1.165) is 42.9 Å². The third-order valence-electron chi connectivity index (χ3n) is 4.09. The van der Waals surface area contributed by atoms with Crippen molar-refractivity contribution in [3.8, 4) is 0 Å². The Morgan fingerprint density at radius 2 is 2.32 bits per heavy atom. The van der Waals surface area contributed by atoms with Gasteiger partial charge in [-0.3, -0.25) is 0 Å². The van der Waals surface area contributed by atoms with Crippen LogP contribution in [0, 0.1) is 6.92 Å². The molecule has 1 fully saturated rings. The maximum atomic E-state index is 12.6. The predicted molar refractivity (Wildman–Crippen MR) is 84.8 cm³/mol. The van der Waals surface area contributed by atoms with Crippen molar-refractivity contribution in [1.82, 2.24) is 10.1 Å². The van der Waals surface area contributed by atoms with Gasteiger partial charge in [-0.05, 0) is 43.9 Å². The topological polar surface area (TPSA) is 58.4 Å². The number of nitrogens with one attached hydrogen (secondary N) is 1. The van der Waals surface area contributed by atoms with Crippen LogP contribution in [0.1, 0.15) is 42.8 Å². The van der Waals surface area contributed by atoms with E-state index in [-0.39, 0.29) is 12.1 Å². The summed E-state index contributed by atoms with van der Waals surface area (Å²) in [6.07, 6.45) is 2.86. The van der Waals surface area contributed by atoms with E-state index in [1.807, 2.05) is 36.1 Å². The van der Waals surface area contributed by atoms with Crippen molar-refractivity contribution in [3.05, 3.63) is 47.3 Å². The molecule has 0 saturated carbocycles. The fourth-order valence-corrected chi connectivity index (χ4v) is 2.92. The molecular weight excluding hydrogens is 278 g/mol. The standard InChI is InChI=1S/C17H21N3O2/c1-3-13-6-4-7-14(11-13)18-17(21)20-9-5-8-16(20)15-10-12(2)22-19-15/h4,6-7,10-11,16H,3,5,8-9H2,1-2H3,(H,18,21). The first kappa shape index (κ1) is 14.6. The molecular formula is C17H21N3O2. The molecule has 5 nitrogen and oxygen atoms in total. The molecule has 1 atom stereocenters. The molecule has 2 aromatic rings. The maximum absolute atomic E-state index is 12.6. The van der Waals surface area contributed by atoms with Crippen molar-refractivity contribution in [2.75, 3.05) is 11.9 Å². The van der Waals surface area contributed by atoms with Crippen molar-refractivity contribution in [3.63, 3.8) is 0 Å². The van der Waals surface area contributed by atoms with Gasteiger partial charge in [0.1, 0.15) is 11.5 Å². The lowest BCUT2D eigenvalue weighted by Gasteiger charge is -2.23. The minimum Gasteiger partial charge on any atom is -0.361 e. The van der Waals surface area contributed by atoms with Crippen molar-refractivity contribution >= 4 is 11.7 Å². The first-order chi connectivity index (χ1) is 10.7. The van der Waals surface area contributed by atoms with E-state index >= 15 is 0 Å². The molecule has 1 aliphatic rings. The van der Waals surface area contributed by atoms with E-state index in [9.17, 15) is 4.79 Å². The molecule has 2 amide bonds. The van der Waals surface area contributed by atoms with Crippen molar-refractivity contribution in [2.45, 2.75) is 39.2 Å². The number of anilines is 1. The third-order valence-corrected chi connectivity index (χ3v) is 4.09. The number of carbonyl (C=O) groups excluding carboxylic acids is 1. The third kappa shape index (κ3) is 2.98. The molecule has 1 aromatic heterocycles. The molecule has 1 aromatic carbocycles. The first-order valence-electron chi connectivity index (χ1n) is 7.77. The highest BCUT2D eigenvalue weighted by Crippen LogP contribution is 2.32. The summed E-state index contributed by atoms with van der Waals surface area (Å²) in [7, 11) is 0. The molecule has 1 aliphatic heterocycles. The molecule has 1 saturated heterocycles. The van der Waals surface area contributed by atoms with E-state index < -0.39 is 0 Å². The summed E-state index contributed by atoms with van der Waals surface area (Å²) in [5.41, 5.74) is 2.89. The highest BCUT2D eigenvalue weighted by atomic mass is 16.5. The van der Waals surface area contributed by atoms with Gasteiger partial charge in [0.15, 0.2) is 0 Å². The van der Waals surface area contributed by atoms with Crippen LogP contribution < -0.4 is 5.32 Å². The van der Waals surface area contributed by atoms with Gasteiger partial charge < -0.3 is 14.7 Å². The Hall–Kier alpha value is -2.30. The molecule has 1 unspecified atom stereocenters. The predicted octanol–water partition coefficient (Wildman–Crippen LogP) is 3.91. The molecule has 5 heteroatoms. The van der Waals surface area contributed by atoms with Gasteiger partial charge in [0.2, 0.25) is 0 Å². The molecule has 0 aliphatic carbocycles. The van der Waals surface area contributed by atoms with Crippen LogP contribution in [0.15, 0.2) is 34.9 Å². The number of nitrogens with zero attached hydrogens (tertiary/aromatic N) is 2. The Morgan fingerprint density at radius 3 is 3.05 bits per heavy atom. The van der Waals surface area contributed by atoms with Gasteiger partial charge in [-0.25, -0.2) is 4.79 Å². The largest absolute Gasteiger partial charge is 0.361 e. The van der Waals surface area contributed by atoms with Crippen LogP contribution in [0.3, 0.4) is 0 Å². The number of hydrogen-bond acceptors (Lipinski definition) is 3. The van der Waals surface area contributed by atoms with Gasteiger partial charge in [-0.1, -0.05) is 24.2 Å². The normalized spacial score (nSPS) is 17.7. The number of likely N-dealkylation sites (tertiary alicyclic amines) is 1. The lowest BCUT2D eigenvalue weighted by atomic mass is 10.1. The molecule has 1 N–H and O–H groups in total. The summed E-state index contributed by atoms with van der Waals surface area (Å²) in [5.74, 6) is 0.776. The smallest absolute Gasteiger partial charge is 0.322 e. The lowest BCUT2D eigenvalue weighted by Crippen LogP contribution is -2.34. The minimum absolute atomic E-state index is 0.00630. The van der Waals surface area contributed by atoms with Crippen molar-refractivity contribution in [1.29, 1.82) is 0 Å². The summed E-state index contributed by atoms with van der Waals surface area (Å²) >= 11 is 0. The molecule has 3 rings (SSSR count). The zero-order valence-corrected chi connectivity index (χ0v) is 13.0. The number of benzene rings is 1. The van der Waals surface area contributed by atoms with Crippen LogP contribution in [0.25, 0.3) is 0 Å². The highest BCUT2D eigenvalue weighted by Gasteiger charge is 2.32. The molecule has 0 bridgehead atoms. The molecule has 2 heterocycles. The van der Waals surface area contributed by atoms with E-state index in [4.69, 9.17) is 4.52 Å². The van der Waals surface area contributed by atoms with E-state index in [1.165, 1.54) is 5.56 Å². The average molecular weight is 299 g/mol. The summed E-state index contributed by atoms with van der Waals surface area (Å²) < 4.78 is 5.15. The molecule has 0 radical (unpaired) electrons. The number of hydrogen-bond donors (Lipinski definition) is 1. The Morgan fingerprint density at radius 1 is 1.45 bits per heavy atom. The number of amides is 2. The number of urea groups is 1. The molecule has 116 valence electrons. The van der Waals surface area contributed by atoms with Crippen LogP contribution in [0.5, 0.6) is 0 Å². The Bertz CT molecular complexity index is 665. The first-order valence-corrected chi connectivity index (χ1v) is 7.77. The fourth-order valence-electron chi connectivity index (χ4n) is 2.92. The van der Waals surface area contributed by atoms with Crippen LogP contribution in [0.2, 0.25) is 0 Å². The number of aryl methyl sites for hydroxylation is 2. The minimum atomic E-state index is -0.0728. The SMILES string of the molecule is CCc1cccc(NC(=O)N2CCCC2c2cc(C)on2)c1. The highest BCUT2D eigenvalue weighted by molar-refractivity contribution is 5.89. The van der Waals surface area contributed by atoms with Gasteiger partial charge in [0, 0.05) is 18.3 Å². The summed E-state index contributed by atoms with van der Waals surface area (Å²) in [4.78, 5) is 14.4. The van der Waals surface area contributed by atoms with Gasteiger partial charge >= 0.3 is 6.03 Å². The summed E-state index contributed by atoms with van der Waals surface area (Å²) in [6.45, 7) is 4.71. The van der Waals surface area contributed by atoms with Gasteiger partial charge in [0.25, 0.3) is 0 Å². The number of aromatic nitrogens is 1. The second kappa shape index (κ2) is 6.22. The van der Waals surface area contributed by atoms with Crippen LogP contribution in [0.4, 0.5) is 10.5 Å². The molecule has 22 heavy (non-hydrogen) atoms. The summed E-state index contributed by atoms with van der Waals surface area (Å²) in [6, 6.07) is 9.81. The molecule has 0 spiro atoms. The van der Waals surface area contributed by atoms with Gasteiger partial charge in [0.05, 0.1) is 6.04 Å². The number of carbonyl (C=O) groups is 1. The fraction of sp³-hybridized carbons (Fsp3) is 0.412. The number of rotatable bonds is 3. The summed E-state index contributed by atoms with van der Waals surface area (Å²) in [5, 5.41) is 7.06. The van der Waals surface area contributed by atoms with Crippen LogP contribution in [-0.4, -0.2) is 22.6 Å². The Kier molecular flexibility index (Phi) is 4.13.